The van der Waals surface area contributed by atoms with Gasteiger partial charge in [-0.1, -0.05) is 19.3 Å². The second kappa shape index (κ2) is 8.37. The smallest absolute Gasteiger partial charge is 0.223 e. The Morgan fingerprint density at radius 1 is 1.10 bits per heavy atom. The van der Waals surface area contributed by atoms with Crippen LogP contribution in [0.1, 0.15) is 58.3 Å². The highest BCUT2D eigenvalue weighted by Crippen LogP contribution is 2.23. The van der Waals surface area contributed by atoms with E-state index in [2.05, 4.69) is 16.0 Å². The van der Waals surface area contributed by atoms with Gasteiger partial charge in [0.2, 0.25) is 11.8 Å². The second-order valence-corrected chi connectivity index (χ2v) is 6.54. The van der Waals surface area contributed by atoms with E-state index in [1.807, 2.05) is 6.92 Å². The zero-order valence-electron chi connectivity index (χ0n) is 13.1. The lowest BCUT2D eigenvalue weighted by Crippen LogP contribution is -2.45. The van der Waals surface area contributed by atoms with Gasteiger partial charge < -0.3 is 16.0 Å². The summed E-state index contributed by atoms with van der Waals surface area (Å²) >= 11 is 0. The third-order valence-corrected chi connectivity index (χ3v) is 4.56. The van der Waals surface area contributed by atoms with Gasteiger partial charge in [-0.05, 0) is 45.7 Å². The molecule has 0 aromatic carbocycles. The summed E-state index contributed by atoms with van der Waals surface area (Å²) in [5.41, 5.74) is 0. The van der Waals surface area contributed by atoms with Crippen molar-refractivity contribution in [2.75, 3.05) is 13.1 Å². The minimum Gasteiger partial charge on any atom is -0.353 e. The Morgan fingerprint density at radius 3 is 2.43 bits per heavy atom. The summed E-state index contributed by atoms with van der Waals surface area (Å²) in [5, 5.41) is 9.36. The Hall–Kier alpha value is -1.10. The standard InChI is InChI=1S/C16H29N3O2/c1-12(18-16(21)13-5-3-2-4-6-13)11-15(20)19-14-7-9-17-10-8-14/h12-14,17H,2-11H2,1H3,(H,18,21)(H,19,20). The summed E-state index contributed by atoms with van der Waals surface area (Å²) in [4.78, 5) is 24.1. The highest BCUT2D eigenvalue weighted by Gasteiger charge is 2.23. The Bertz CT molecular complexity index is 347. The zero-order chi connectivity index (χ0) is 15.1. The number of hydrogen-bond acceptors (Lipinski definition) is 3. The van der Waals surface area contributed by atoms with Gasteiger partial charge in [-0.3, -0.25) is 9.59 Å². The van der Waals surface area contributed by atoms with Crippen LogP contribution in [0.3, 0.4) is 0 Å². The lowest BCUT2D eigenvalue weighted by Gasteiger charge is -2.25. The number of nitrogens with one attached hydrogen (secondary N) is 3. The van der Waals surface area contributed by atoms with Crippen molar-refractivity contribution in [1.82, 2.24) is 16.0 Å². The quantitative estimate of drug-likeness (QED) is 0.716. The van der Waals surface area contributed by atoms with Gasteiger partial charge in [0.25, 0.3) is 0 Å². The van der Waals surface area contributed by atoms with Crippen molar-refractivity contribution < 1.29 is 9.59 Å². The maximum absolute atomic E-state index is 12.1. The third kappa shape index (κ3) is 5.65. The summed E-state index contributed by atoms with van der Waals surface area (Å²) in [6.07, 6.45) is 7.93. The molecule has 2 amide bonds. The molecule has 5 nitrogen and oxygen atoms in total. The highest BCUT2D eigenvalue weighted by molar-refractivity contribution is 5.81. The number of amides is 2. The van der Waals surface area contributed by atoms with E-state index in [-0.39, 0.29) is 23.8 Å². The van der Waals surface area contributed by atoms with Crippen molar-refractivity contribution in [3.05, 3.63) is 0 Å². The first-order valence-corrected chi connectivity index (χ1v) is 8.45. The Morgan fingerprint density at radius 2 is 1.76 bits per heavy atom. The van der Waals surface area contributed by atoms with E-state index < -0.39 is 0 Å². The average Bonchev–Trinajstić information content (AvgIpc) is 2.48. The van der Waals surface area contributed by atoms with Gasteiger partial charge in [0.1, 0.15) is 0 Å². The molecule has 1 atom stereocenters. The average molecular weight is 295 g/mol. The van der Waals surface area contributed by atoms with E-state index >= 15 is 0 Å². The predicted molar refractivity (Wildman–Crippen MR) is 82.8 cm³/mol. The summed E-state index contributed by atoms with van der Waals surface area (Å²) in [6, 6.07) is 0.209. The first-order valence-electron chi connectivity index (χ1n) is 8.45. The molecule has 0 aromatic rings. The molecule has 5 heteroatoms. The van der Waals surface area contributed by atoms with Gasteiger partial charge >= 0.3 is 0 Å². The Labute approximate surface area is 127 Å². The van der Waals surface area contributed by atoms with Crippen LogP contribution in [-0.2, 0) is 9.59 Å². The molecule has 1 saturated carbocycles. The molecule has 0 aromatic heterocycles. The summed E-state index contributed by atoms with van der Waals surface area (Å²) in [5.74, 6) is 0.351. The second-order valence-electron chi connectivity index (χ2n) is 6.54. The van der Waals surface area contributed by atoms with Gasteiger partial charge in [-0.25, -0.2) is 0 Å². The van der Waals surface area contributed by atoms with Crippen LogP contribution in [-0.4, -0.2) is 37.0 Å². The van der Waals surface area contributed by atoms with Crippen molar-refractivity contribution in [3.8, 4) is 0 Å². The molecule has 0 spiro atoms. The van der Waals surface area contributed by atoms with Gasteiger partial charge in [-0.15, -0.1) is 0 Å². The fourth-order valence-corrected chi connectivity index (χ4v) is 3.31. The molecule has 2 rings (SSSR count). The van der Waals surface area contributed by atoms with Gasteiger partial charge in [0.15, 0.2) is 0 Å². The first-order chi connectivity index (χ1) is 10.1. The van der Waals surface area contributed by atoms with Crippen LogP contribution in [0.5, 0.6) is 0 Å². The van der Waals surface area contributed by atoms with E-state index in [1.54, 1.807) is 0 Å². The van der Waals surface area contributed by atoms with Crippen LogP contribution in [0.4, 0.5) is 0 Å². The maximum Gasteiger partial charge on any atom is 0.223 e. The SMILES string of the molecule is CC(CC(=O)NC1CCNCC1)NC(=O)C1CCCCC1. The molecule has 120 valence electrons. The zero-order valence-corrected chi connectivity index (χ0v) is 13.1. The number of carbonyl (C=O) groups excluding carboxylic acids is 2. The van der Waals surface area contributed by atoms with Crippen molar-refractivity contribution in [2.24, 2.45) is 5.92 Å². The van der Waals surface area contributed by atoms with Crippen LogP contribution >= 0.6 is 0 Å². The largest absolute Gasteiger partial charge is 0.353 e. The van der Waals surface area contributed by atoms with Crippen LogP contribution in [0, 0.1) is 5.92 Å². The lowest BCUT2D eigenvalue weighted by molar-refractivity contribution is -0.127. The molecule has 1 aliphatic heterocycles. The molecule has 0 radical (unpaired) electrons. The minimum atomic E-state index is -0.0823. The summed E-state index contributed by atoms with van der Waals surface area (Å²) in [7, 11) is 0. The van der Waals surface area contributed by atoms with E-state index in [9.17, 15) is 9.59 Å². The fraction of sp³-hybridized carbons (Fsp3) is 0.875. The highest BCUT2D eigenvalue weighted by atomic mass is 16.2. The van der Waals surface area contributed by atoms with Crippen LogP contribution in [0.15, 0.2) is 0 Å². The number of hydrogen-bond donors (Lipinski definition) is 3. The first kappa shape index (κ1) is 16.3. The molecule has 21 heavy (non-hydrogen) atoms. The van der Waals surface area contributed by atoms with Crippen LogP contribution in [0.2, 0.25) is 0 Å². The van der Waals surface area contributed by atoms with E-state index in [4.69, 9.17) is 0 Å². The molecule has 1 aliphatic carbocycles. The monoisotopic (exact) mass is 295 g/mol. The third-order valence-electron chi connectivity index (χ3n) is 4.56. The number of carbonyl (C=O) groups is 2. The topological polar surface area (TPSA) is 70.2 Å². The van der Waals surface area contributed by atoms with Crippen molar-refractivity contribution >= 4 is 11.8 Å². The molecular formula is C16H29N3O2. The predicted octanol–water partition coefficient (Wildman–Crippen LogP) is 1.33. The molecule has 1 unspecified atom stereocenters. The van der Waals surface area contributed by atoms with Crippen LogP contribution < -0.4 is 16.0 Å². The molecule has 0 bridgehead atoms. The van der Waals surface area contributed by atoms with Crippen molar-refractivity contribution in [2.45, 2.75) is 70.4 Å². The van der Waals surface area contributed by atoms with Gasteiger partial charge in [0, 0.05) is 24.4 Å². The molecule has 1 saturated heterocycles. The number of rotatable bonds is 5. The van der Waals surface area contributed by atoms with E-state index in [1.165, 1.54) is 6.42 Å². The minimum absolute atomic E-state index is 0.0540. The summed E-state index contributed by atoms with van der Waals surface area (Å²) < 4.78 is 0. The maximum atomic E-state index is 12.1. The van der Waals surface area contributed by atoms with Crippen LogP contribution in [0.25, 0.3) is 0 Å². The van der Waals surface area contributed by atoms with Crippen molar-refractivity contribution in [3.63, 3.8) is 0 Å². The van der Waals surface area contributed by atoms with E-state index in [0.29, 0.717) is 12.5 Å². The Balaban J connectivity index is 1.66. The van der Waals surface area contributed by atoms with Crippen molar-refractivity contribution in [1.29, 1.82) is 0 Å². The fourth-order valence-electron chi connectivity index (χ4n) is 3.31. The molecule has 1 heterocycles. The lowest BCUT2D eigenvalue weighted by atomic mass is 9.88. The molecular weight excluding hydrogens is 266 g/mol. The molecule has 2 fully saturated rings. The Kier molecular flexibility index (Phi) is 6.49. The molecule has 2 aliphatic rings. The number of piperidine rings is 1. The van der Waals surface area contributed by atoms with Gasteiger partial charge in [-0.2, -0.15) is 0 Å². The van der Waals surface area contributed by atoms with Gasteiger partial charge in [0.05, 0.1) is 0 Å². The molecule has 3 N–H and O–H groups in total. The normalized spacial score (nSPS) is 22.5. The van der Waals surface area contributed by atoms with E-state index in [0.717, 1.165) is 51.6 Å². The summed E-state index contributed by atoms with van der Waals surface area (Å²) in [6.45, 7) is 3.86.